The van der Waals surface area contributed by atoms with Gasteiger partial charge < -0.3 is 12.6 Å². The molecule has 2 aromatic carbocycles. The van der Waals surface area contributed by atoms with Crippen LogP contribution in [0.2, 0.25) is 0 Å². The zero-order valence-corrected chi connectivity index (χ0v) is 20.6. The smallest absolute Gasteiger partial charge is 0.696 e. The van der Waals surface area contributed by atoms with Gasteiger partial charge in [-0.15, -0.1) is 18.2 Å². The average molecular weight is 603 g/mol. The molecular weight excluding hydrogens is 581 g/mol. The van der Waals surface area contributed by atoms with Gasteiger partial charge in [0.2, 0.25) is 0 Å². The third kappa shape index (κ3) is 6.07. The summed E-state index contributed by atoms with van der Waals surface area (Å²) in [6.45, 7) is 6.49. The Bertz CT molecular complexity index is 1110. The van der Waals surface area contributed by atoms with Crippen molar-refractivity contribution in [3.63, 3.8) is 0 Å². The zero-order valence-electron chi connectivity index (χ0n) is 17.5. The minimum Gasteiger partial charge on any atom is -0.696 e. The van der Waals surface area contributed by atoms with Crippen LogP contribution >= 0.6 is 0 Å². The van der Waals surface area contributed by atoms with Gasteiger partial charge in [-0.25, -0.2) is 5.26 Å². The molecule has 0 fully saturated rings. The van der Waals surface area contributed by atoms with Crippen molar-refractivity contribution < 1.29 is 21.1 Å². The molecule has 0 aliphatic rings. The van der Waals surface area contributed by atoms with Crippen LogP contribution in [0.4, 0.5) is 0 Å². The number of pyridine rings is 2. The van der Waals surface area contributed by atoms with Crippen LogP contribution in [-0.2, 0) is 33.7 Å². The predicted molar refractivity (Wildman–Crippen MR) is 124 cm³/mol. The molecule has 0 amide bonds. The molecule has 0 bridgehead atoms. The molecule has 0 aliphatic heterocycles. The van der Waals surface area contributed by atoms with Crippen molar-refractivity contribution in [3.05, 3.63) is 95.8 Å². The molecule has 2 heterocycles. The third-order valence-corrected chi connectivity index (χ3v) is 4.72. The number of benzene rings is 2. The fraction of sp³-hybridized carbons (Fsp3) is 0.115. The second-order valence-corrected chi connectivity index (χ2v) is 7.17. The molecular formula is C26H21N3PtS. The van der Waals surface area contributed by atoms with E-state index in [0.29, 0.717) is 0 Å². The normalized spacial score (nSPS) is 9.61. The molecule has 2 aromatic heterocycles. The van der Waals surface area contributed by atoms with Crippen molar-refractivity contribution >= 4 is 12.6 Å². The Hall–Kier alpha value is -2.86. The summed E-state index contributed by atoms with van der Waals surface area (Å²) in [5.74, 6) is 0. The summed E-state index contributed by atoms with van der Waals surface area (Å²) < 4.78 is 0. The van der Waals surface area contributed by atoms with E-state index < -0.39 is 0 Å². The monoisotopic (exact) mass is 602 g/mol. The zero-order chi connectivity index (χ0) is 21.5. The Morgan fingerprint density at radius 1 is 0.806 bits per heavy atom. The molecule has 5 heteroatoms. The van der Waals surface area contributed by atoms with Gasteiger partial charge in [0, 0.05) is 23.8 Å². The molecule has 0 N–H and O–H groups in total. The van der Waals surface area contributed by atoms with Gasteiger partial charge in [0.1, 0.15) is 0 Å². The number of hydrogen-bond donors (Lipinski definition) is 0. The van der Waals surface area contributed by atoms with Crippen LogP contribution in [0.3, 0.4) is 0 Å². The summed E-state index contributed by atoms with van der Waals surface area (Å²) in [4.78, 5) is 9.05. The van der Waals surface area contributed by atoms with E-state index in [1.807, 2.05) is 48.8 Å². The SMILES string of the molecule is Cc1cc(C)c(-c2cc(-c3ccccn3)[c-]c(-c3ccccn3)c2)c(C)c1.N#C[S-].[Pt+2]. The van der Waals surface area contributed by atoms with E-state index in [4.69, 9.17) is 5.26 Å². The van der Waals surface area contributed by atoms with E-state index in [2.05, 4.69) is 73.7 Å². The third-order valence-electron chi connectivity index (χ3n) is 4.72. The first-order valence-electron chi connectivity index (χ1n) is 9.53. The number of rotatable bonds is 3. The first kappa shape index (κ1) is 24.4. The fourth-order valence-electron chi connectivity index (χ4n) is 3.67. The molecule has 0 radical (unpaired) electrons. The largest absolute Gasteiger partial charge is 2.00 e. The molecule has 0 spiro atoms. The van der Waals surface area contributed by atoms with E-state index in [1.165, 1.54) is 33.2 Å². The Kier molecular flexibility index (Phi) is 9.06. The molecule has 156 valence electrons. The number of aromatic nitrogens is 2. The van der Waals surface area contributed by atoms with Crippen molar-refractivity contribution in [2.75, 3.05) is 0 Å². The maximum absolute atomic E-state index is 7.13. The van der Waals surface area contributed by atoms with Crippen molar-refractivity contribution in [1.82, 2.24) is 9.97 Å². The first-order valence-corrected chi connectivity index (χ1v) is 9.94. The summed E-state index contributed by atoms with van der Waals surface area (Å²) in [5, 5.41) is 8.47. The maximum atomic E-state index is 7.13. The quantitative estimate of drug-likeness (QED) is 0.159. The van der Waals surface area contributed by atoms with E-state index in [0.717, 1.165) is 22.5 Å². The van der Waals surface area contributed by atoms with Gasteiger partial charge in [0.25, 0.3) is 0 Å². The molecule has 4 aromatic rings. The molecule has 0 atom stereocenters. The first-order chi connectivity index (χ1) is 14.5. The van der Waals surface area contributed by atoms with E-state index in [9.17, 15) is 0 Å². The Morgan fingerprint density at radius 2 is 1.26 bits per heavy atom. The van der Waals surface area contributed by atoms with Gasteiger partial charge in [-0.1, -0.05) is 64.1 Å². The topological polar surface area (TPSA) is 49.6 Å². The minimum absolute atomic E-state index is 0. The van der Waals surface area contributed by atoms with E-state index >= 15 is 0 Å². The van der Waals surface area contributed by atoms with E-state index in [1.54, 1.807) is 0 Å². The molecule has 31 heavy (non-hydrogen) atoms. The molecule has 0 saturated carbocycles. The van der Waals surface area contributed by atoms with Crippen LogP contribution < -0.4 is 0 Å². The molecule has 3 nitrogen and oxygen atoms in total. The summed E-state index contributed by atoms with van der Waals surface area (Å²) in [6, 6.07) is 24.3. The molecule has 0 aliphatic carbocycles. The number of hydrogen-bond acceptors (Lipinski definition) is 4. The van der Waals surface area contributed by atoms with Crippen molar-refractivity contribution in [3.8, 4) is 39.0 Å². The second kappa shape index (κ2) is 11.5. The number of nitriles is 1. The maximum Gasteiger partial charge on any atom is 2.00 e. The van der Waals surface area contributed by atoms with Crippen LogP contribution in [0, 0.1) is 37.5 Å². The molecule has 0 saturated heterocycles. The van der Waals surface area contributed by atoms with Gasteiger partial charge in [0.05, 0.1) is 0 Å². The summed E-state index contributed by atoms with van der Waals surface area (Å²) >= 11 is 3.70. The Labute approximate surface area is 203 Å². The average Bonchev–Trinajstić information content (AvgIpc) is 2.75. The van der Waals surface area contributed by atoms with Crippen LogP contribution in [-0.4, -0.2) is 9.97 Å². The Balaban J connectivity index is 0.000000808. The Morgan fingerprint density at radius 3 is 1.65 bits per heavy atom. The summed E-state index contributed by atoms with van der Waals surface area (Å²) in [5.41, 5.74) is 10.1. The fourth-order valence-corrected chi connectivity index (χ4v) is 3.67. The van der Waals surface area contributed by atoms with Crippen LogP contribution in [0.25, 0.3) is 33.6 Å². The van der Waals surface area contributed by atoms with Crippen LogP contribution in [0.5, 0.6) is 0 Å². The molecule has 4 rings (SSSR count). The van der Waals surface area contributed by atoms with Crippen LogP contribution in [0.15, 0.2) is 73.1 Å². The summed E-state index contributed by atoms with van der Waals surface area (Å²) in [6.07, 6.45) is 3.64. The summed E-state index contributed by atoms with van der Waals surface area (Å²) in [7, 11) is 0. The second-order valence-electron chi connectivity index (χ2n) is 6.99. The number of aryl methyl sites for hydroxylation is 3. The van der Waals surface area contributed by atoms with Gasteiger partial charge in [0.15, 0.2) is 0 Å². The van der Waals surface area contributed by atoms with Gasteiger partial charge in [-0.2, -0.15) is 0 Å². The standard InChI is InChI=1S/C25H21N2.CHNS.Pt/c1-17-12-18(2)25(19(3)13-17)22-15-20(23-8-4-6-10-26-23)14-21(16-22)24-9-5-7-11-27-24;2-1-3;/h4-13,15-16H,1-3H3;3H;/q-1;;+2/p-1. The van der Waals surface area contributed by atoms with Gasteiger partial charge in [-0.3, -0.25) is 9.97 Å². The minimum atomic E-state index is 0. The van der Waals surface area contributed by atoms with E-state index in [-0.39, 0.29) is 21.1 Å². The van der Waals surface area contributed by atoms with Crippen molar-refractivity contribution in [1.29, 1.82) is 5.26 Å². The molecule has 0 unspecified atom stereocenters. The van der Waals surface area contributed by atoms with Gasteiger partial charge in [-0.05, 0) is 49.6 Å². The van der Waals surface area contributed by atoms with Gasteiger partial charge >= 0.3 is 21.1 Å². The van der Waals surface area contributed by atoms with Crippen LogP contribution in [0.1, 0.15) is 16.7 Å². The van der Waals surface area contributed by atoms with Crippen molar-refractivity contribution in [2.24, 2.45) is 0 Å². The number of nitrogens with zero attached hydrogens (tertiary/aromatic N) is 3. The van der Waals surface area contributed by atoms with Crippen molar-refractivity contribution in [2.45, 2.75) is 20.8 Å². The number of thiocyanates is 1. The predicted octanol–water partition coefficient (Wildman–Crippen LogP) is 6.21.